The van der Waals surface area contributed by atoms with Gasteiger partial charge in [0.1, 0.15) is 11.6 Å². The standard InChI is InChI=1S/C5H8O.C4H6O/c6-5-3-1-2-4-5;5-4-2-1-3-4/h1-4H2;1-3H2. The van der Waals surface area contributed by atoms with Gasteiger partial charge in [-0.1, -0.05) is 0 Å². The van der Waals surface area contributed by atoms with Gasteiger partial charge in [-0.3, -0.25) is 9.59 Å². The number of ketones is 2. The topological polar surface area (TPSA) is 34.1 Å². The lowest BCUT2D eigenvalue weighted by Gasteiger charge is -2.05. The minimum Gasteiger partial charge on any atom is -0.300 e. The Morgan fingerprint density at radius 2 is 1.00 bits per heavy atom. The lowest BCUT2D eigenvalue weighted by molar-refractivity contribution is -0.123. The molecule has 0 heterocycles. The van der Waals surface area contributed by atoms with Gasteiger partial charge >= 0.3 is 0 Å². The zero-order valence-corrected chi connectivity index (χ0v) is 6.77. The Kier molecular flexibility index (Phi) is 3.27. The molecular weight excluding hydrogens is 140 g/mol. The molecule has 0 aromatic carbocycles. The molecule has 0 amide bonds. The molecule has 0 unspecified atom stereocenters. The van der Waals surface area contributed by atoms with Crippen molar-refractivity contribution in [1.82, 2.24) is 0 Å². The molecule has 2 heteroatoms. The summed E-state index contributed by atoms with van der Waals surface area (Å²) in [6.07, 6.45) is 6.80. The van der Waals surface area contributed by atoms with E-state index in [-0.39, 0.29) is 0 Å². The fourth-order valence-electron chi connectivity index (χ4n) is 1.09. The molecule has 2 aliphatic rings. The Hall–Kier alpha value is -0.660. The van der Waals surface area contributed by atoms with Gasteiger partial charge in [-0.25, -0.2) is 0 Å². The van der Waals surface area contributed by atoms with E-state index in [0.29, 0.717) is 11.6 Å². The van der Waals surface area contributed by atoms with Gasteiger partial charge in [-0.05, 0) is 19.3 Å². The highest BCUT2D eigenvalue weighted by Gasteiger charge is 2.09. The van der Waals surface area contributed by atoms with Crippen molar-refractivity contribution in [2.45, 2.75) is 44.9 Å². The minimum atomic E-state index is 0.435. The van der Waals surface area contributed by atoms with Crippen LogP contribution in [0.1, 0.15) is 44.9 Å². The van der Waals surface area contributed by atoms with E-state index in [1.807, 2.05) is 0 Å². The molecular formula is C9H14O2. The van der Waals surface area contributed by atoms with Crippen molar-refractivity contribution in [2.75, 3.05) is 0 Å². The smallest absolute Gasteiger partial charge is 0.132 e. The average molecular weight is 154 g/mol. The third kappa shape index (κ3) is 3.30. The van der Waals surface area contributed by atoms with Crippen LogP contribution >= 0.6 is 0 Å². The van der Waals surface area contributed by atoms with E-state index >= 15 is 0 Å². The Morgan fingerprint density at radius 1 is 0.636 bits per heavy atom. The molecule has 0 aromatic heterocycles. The highest BCUT2D eigenvalue weighted by Crippen LogP contribution is 2.11. The summed E-state index contributed by atoms with van der Waals surface area (Å²) in [4.78, 5) is 20.1. The first kappa shape index (κ1) is 8.44. The maximum atomic E-state index is 10.2. The first-order valence-corrected chi connectivity index (χ1v) is 4.32. The molecule has 0 aliphatic heterocycles. The Bertz CT molecular complexity index is 147. The van der Waals surface area contributed by atoms with Gasteiger partial charge in [-0.2, -0.15) is 0 Å². The molecule has 0 spiro atoms. The fourth-order valence-corrected chi connectivity index (χ4v) is 1.09. The van der Waals surface area contributed by atoms with Crippen LogP contribution in [0.15, 0.2) is 0 Å². The molecule has 2 aliphatic carbocycles. The van der Waals surface area contributed by atoms with Crippen LogP contribution in [0.5, 0.6) is 0 Å². The van der Waals surface area contributed by atoms with Crippen molar-refractivity contribution in [3.8, 4) is 0 Å². The van der Waals surface area contributed by atoms with Gasteiger partial charge in [-0.15, -0.1) is 0 Å². The molecule has 2 nitrogen and oxygen atoms in total. The normalized spacial score (nSPS) is 22.2. The second-order valence-electron chi connectivity index (χ2n) is 3.14. The third-order valence-corrected chi connectivity index (χ3v) is 2.07. The molecule has 2 fully saturated rings. The second kappa shape index (κ2) is 4.27. The van der Waals surface area contributed by atoms with Gasteiger partial charge in [0.2, 0.25) is 0 Å². The number of carbonyl (C=O) groups excluding carboxylic acids is 2. The van der Waals surface area contributed by atoms with Crippen molar-refractivity contribution in [1.29, 1.82) is 0 Å². The SMILES string of the molecule is O=C1CCC1.O=C1CCCC1. The van der Waals surface area contributed by atoms with Crippen molar-refractivity contribution in [3.05, 3.63) is 0 Å². The summed E-state index contributed by atoms with van der Waals surface area (Å²) >= 11 is 0. The van der Waals surface area contributed by atoms with Crippen LogP contribution in [-0.4, -0.2) is 11.6 Å². The number of Topliss-reactive ketones (excluding diaryl/α,β-unsaturated/α-hetero) is 2. The molecule has 0 radical (unpaired) electrons. The number of carbonyl (C=O) groups is 2. The zero-order valence-electron chi connectivity index (χ0n) is 6.77. The van der Waals surface area contributed by atoms with E-state index < -0.39 is 0 Å². The molecule has 0 aromatic rings. The van der Waals surface area contributed by atoms with Crippen LogP contribution in [0.3, 0.4) is 0 Å². The maximum absolute atomic E-state index is 10.2. The van der Waals surface area contributed by atoms with Crippen molar-refractivity contribution in [3.63, 3.8) is 0 Å². The third-order valence-electron chi connectivity index (χ3n) is 2.07. The largest absolute Gasteiger partial charge is 0.300 e. The molecule has 0 bridgehead atoms. The molecule has 62 valence electrons. The van der Waals surface area contributed by atoms with Gasteiger partial charge in [0.15, 0.2) is 0 Å². The molecule has 0 atom stereocenters. The fraction of sp³-hybridized carbons (Fsp3) is 0.778. The van der Waals surface area contributed by atoms with Crippen LogP contribution in [0.25, 0.3) is 0 Å². The monoisotopic (exact) mass is 154 g/mol. The van der Waals surface area contributed by atoms with Gasteiger partial charge in [0.25, 0.3) is 0 Å². The Labute approximate surface area is 67.0 Å². The zero-order chi connectivity index (χ0) is 8.10. The van der Waals surface area contributed by atoms with Crippen molar-refractivity contribution in [2.24, 2.45) is 0 Å². The van der Waals surface area contributed by atoms with Crippen molar-refractivity contribution < 1.29 is 9.59 Å². The van der Waals surface area contributed by atoms with E-state index in [9.17, 15) is 9.59 Å². The van der Waals surface area contributed by atoms with Crippen molar-refractivity contribution >= 4 is 11.6 Å². The number of hydrogen-bond donors (Lipinski definition) is 0. The predicted octanol–water partition coefficient (Wildman–Crippen LogP) is 1.87. The summed E-state index contributed by atoms with van der Waals surface area (Å²) in [5, 5.41) is 0. The van der Waals surface area contributed by atoms with E-state index in [2.05, 4.69) is 0 Å². The van der Waals surface area contributed by atoms with Crippen LogP contribution in [0.4, 0.5) is 0 Å². The highest BCUT2D eigenvalue weighted by molar-refractivity contribution is 5.83. The van der Waals surface area contributed by atoms with Crippen LogP contribution in [0.2, 0.25) is 0 Å². The second-order valence-corrected chi connectivity index (χ2v) is 3.14. The Balaban J connectivity index is 0.000000112. The molecule has 2 saturated carbocycles. The molecule has 0 N–H and O–H groups in total. The summed E-state index contributed by atoms with van der Waals surface area (Å²) in [6, 6.07) is 0. The molecule has 2 rings (SSSR count). The average Bonchev–Trinajstić information content (AvgIpc) is 2.36. The highest BCUT2D eigenvalue weighted by atomic mass is 16.1. The lowest BCUT2D eigenvalue weighted by Crippen LogP contribution is -2.07. The summed E-state index contributed by atoms with van der Waals surface area (Å²) in [5.74, 6) is 0.889. The van der Waals surface area contributed by atoms with Crippen LogP contribution in [0, 0.1) is 0 Å². The Morgan fingerprint density at radius 3 is 1.09 bits per heavy atom. The quantitative estimate of drug-likeness (QED) is 0.533. The van der Waals surface area contributed by atoms with E-state index in [1.165, 1.54) is 0 Å². The van der Waals surface area contributed by atoms with Gasteiger partial charge in [0.05, 0.1) is 0 Å². The van der Waals surface area contributed by atoms with Gasteiger partial charge < -0.3 is 0 Å². The molecule has 11 heavy (non-hydrogen) atoms. The summed E-state index contributed by atoms with van der Waals surface area (Å²) in [5.41, 5.74) is 0. The van der Waals surface area contributed by atoms with E-state index in [1.54, 1.807) is 0 Å². The van der Waals surface area contributed by atoms with Crippen LogP contribution in [-0.2, 0) is 9.59 Å². The lowest BCUT2D eigenvalue weighted by atomic mass is 9.99. The number of hydrogen-bond acceptors (Lipinski definition) is 2. The first-order valence-electron chi connectivity index (χ1n) is 4.32. The minimum absolute atomic E-state index is 0.435. The number of rotatable bonds is 0. The summed E-state index contributed by atoms with van der Waals surface area (Å²) in [7, 11) is 0. The van der Waals surface area contributed by atoms with E-state index in [4.69, 9.17) is 0 Å². The first-order chi connectivity index (χ1) is 5.29. The summed E-state index contributed by atoms with van der Waals surface area (Å²) in [6.45, 7) is 0. The summed E-state index contributed by atoms with van der Waals surface area (Å²) < 4.78 is 0. The molecule has 0 saturated heterocycles. The van der Waals surface area contributed by atoms with Gasteiger partial charge in [0, 0.05) is 25.7 Å². The van der Waals surface area contributed by atoms with Crippen LogP contribution < -0.4 is 0 Å². The maximum Gasteiger partial charge on any atom is 0.132 e. The predicted molar refractivity (Wildman–Crippen MR) is 42.3 cm³/mol. The van der Waals surface area contributed by atoms with E-state index in [0.717, 1.165) is 44.9 Å².